The van der Waals surface area contributed by atoms with Gasteiger partial charge in [-0.05, 0) is 55.3 Å². The van der Waals surface area contributed by atoms with Crippen molar-refractivity contribution in [3.05, 3.63) is 48.0 Å². The van der Waals surface area contributed by atoms with Gasteiger partial charge in [-0.15, -0.1) is 0 Å². The number of alkyl halides is 2. The number of carbonyl (C=O) groups is 1. The molecular formula is C22H28F2N3O3+. The Morgan fingerprint density at radius 2 is 1.83 bits per heavy atom. The van der Waals surface area contributed by atoms with Crippen molar-refractivity contribution in [1.82, 2.24) is 0 Å². The molecule has 1 fully saturated rings. The lowest BCUT2D eigenvalue weighted by Gasteiger charge is -2.18. The molecule has 0 aliphatic carbocycles. The van der Waals surface area contributed by atoms with Crippen LogP contribution in [0.5, 0.6) is 11.5 Å². The van der Waals surface area contributed by atoms with Gasteiger partial charge in [0.2, 0.25) is 0 Å². The molecule has 1 aliphatic heterocycles. The molecule has 1 saturated heterocycles. The summed E-state index contributed by atoms with van der Waals surface area (Å²) < 4.78 is 34.4. The Balaban J connectivity index is 1.51. The van der Waals surface area contributed by atoms with E-state index in [0.717, 1.165) is 29.2 Å². The van der Waals surface area contributed by atoms with Crippen LogP contribution in [0.4, 0.5) is 20.2 Å². The molecule has 0 aromatic heterocycles. The third-order valence-corrected chi connectivity index (χ3v) is 5.03. The number of likely N-dealkylation sites (N-methyl/N-ethyl adjacent to an activating group) is 1. The Hall–Kier alpha value is -2.87. The number of ether oxygens (including phenoxy) is 2. The van der Waals surface area contributed by atoms with E-state index >= 15 is 0 Å². The molecule has 1 amide bonds. The van der Waals surface area contributed by atoms with Gasteiger partial charge in [-0.25, -0.2) is 0 Å². The van der Waals surface area contributed by atoms with Crippen LogP contribution in [0.2, 0.25) is 0 Å². The molecule has 0 bridgehead atoms. The van der Waals surface area contributed by atoms with Crippen molar-refractivity contribution in [3.8, 4) is 11.5 Å². The van der Waals surface area contributed by atoms with Crippen molar-refractivity contribution >= 4 is 17.3 Å². The molecule has 1 atom stereocenters. The van der Waals surface area contributed by atoms with Gasteiger partial charge in [0, 0.05) is 30.0 Å². The van der Waals surface area contributed by atoms with E-state index in [1.165, 1.54) is 31.7 Å². The van der Waals surface area contributed by atoms with Crippen LogP contribution in [0.3, 0.4) is 0 Å². The van der Waals surface area contributed by atoms with Crippen molar-refractivity contribution < 1.29 is 27.9 Å². The fraction of sp³-hybridized carbons (Fsp3) is 0.409. The standard InChI is InChI=1S/C22H27F2N3O3/c1-26(14-16-5-10-19(30-22(23)24)20(13-16)29-2)15-21(28)25-17-6-8-18(9-7-17)27-11-3-4-12-27/h5-10,13,22H,3-4,11-12,14-15H2,1-2H3,(H,25,28)/p+1. The van der Waals surface area contributed by atoms with E-state index in [4.69, 9.17) is 4.74 Å². The van der Waals surface area contributed by atoms with Crippen molar-refractivity contribution in [2.24, 2.45) is 0 Å². The minimum absolute atomic E-state index is 0.0102. The van der Waals surface area contributed by atoms with Crippen molar-refractivity contribution in [1.29, 1.82) is 0 Å². The van der Waals surface area contributed by atoms with Gasteiger partial charge in [0.25, 0.3) is 5.91 Å². The van der Waals surface area contributed by atoms with Crippen LogP contribution in [0.15, 0.2) is 42.5 Å². The second-order valence-electron chi connectivity index (χ2n) is 7.46. The molecule has 0 saturated carbocycles. The highest BCUT2D eigenvalue weighted by Gasteiger charge is 2.16. The summed E-state index contributed by atoms with van der Waals surface area (Å²) in [4.78, 5) is 15.7. The normalized spacial score (nSPS) is 14.6. The predicted octanol–water partition coefficient (Wildman–Crippen LogP) is 2.55. The number of rotatable bonds is 9. The molecule has 3 rings (SSSR count). The van der Waals surface area contributed by atoms with Gasteiger partial charge in [-0.2, -0.15) is 8.78 Å². The minimum Gasteiger partial charge on any atom is -0.493 e. The number of nitrogens with zero attached hydrogens (tertiary/aromatic N) is 1. The molecule has 6 nitrogen and oxygen atoms in total. The second-order valence-corrected chi connectivity index (χ2v) is 7.46. The number of nitrogens with one attached hydrogen (secondary N) is 2. The highest BCUT2D eigenvalue weighted by Crippen LogP contribution is 2.29. The maximum Gasteiger partial charge on any atom is 0.387 e. The van der Waals surface area contributed by atoms with Crippen LogP contribution in [-0.4, -0.2) is 46.3 Å². The summed E-state index contributed by atoms with van der Waals surface area (Å²) in [5.74, 6) is 0.137. The predicted molar refractivity (Wildman–Crippen MR) is 112 cm³/mol. The Labute approximate surface area is 175 Å². The maximum absolute atomic E-state index is 12.4. The van der Waals surface area contributed by atoms with Crippen molar-refractivity contribution in [2.45, 2.75) is 26.0 Å². The average molecular weight is 420 g/mol. The minimum atomic E-state index is -2.91. The summed E-state index contributed by atoms with van der Waals surface area (Å²) in [7, 11) is 3.29. The number of amides is 1. The first-order chi connectivity index (χ1) is 14.4. The highest BCUT2D eigenvalue weighted by molar-refractivity contribution is 5.91. The molecule has 8 heteroatoms. The summed E-state index contributed by atoms with van der Waals surface area (Å²) in [6.07, 6.45) is 2.45. The van der Waals surface area contributed by atoms with Crippen LogP contribution < -0.4 is 24.6 Å². The van der Waals surface area contributed by atoms with Crippen LogP contribution in [0, 0.1) is 0 Å². The summed E-state index contributed by atoms with van der Waals surface area (Å²) in [5.41, 5.74) is 2.81. The first-order valence-corrected chi connectivity index (χ1v) is 10.0. The van der Waals surface area contributed by atoms with Gasteiger partial charge < -0.3 is 24.6 Å². The molecule has 2 aromatic carbocycles. The Morgan fingerprint density at radius 1 is 1.13 bits per heavy atom. The zero-order valence-electron chi connectivity index (χ0n) is 17.3. The molecule has 0 radical (unpaired) electrons. The lowest BCUT2D eigenvalue weighted by atomic mass is 10.2. The molecule has 1 heterocycles. The SMILES string of the molecule is COc1cc(C[NH+](C)CC(=O)Nc2ccc(N3CCCC3)cc2)ccc1OC(F)F. The molecule has 1 aliphatic rings. The topological polar surface area (TPSA) is 55.2 Å². The molecule has 0 spiro atoms. The number of anilines is 2. The summed E-state index contributed by atoms with van der Waals surface area (Å²) in [6, 6.07) is 12.7. The largest absolute Gasteiger partial charge is 0.493 e. The molecule has 2 aromatic rings. The number of methoxy groups -OCH3 is 1. The van der Waals surface area contributed by atoms with E-state index in [1.54, 1.807) is 12.1 Å². The van der Waals surface area contributed by atoms with E-state index in [-0.39, 0.29) is 24.0 Å². The zero-order chi connectivity index (χ0) is 21.5. The van der Waals surface area contributed by atoms with Gasteiger partial charge in [0.15, 0.2) is 18.0 Å². The quantitative estimate of drug-likeness (QED) is 0.655. The van der Waals surface area contributed by atoms with E-state index in [0.29, 0.717) is 6.54 Å². The summed E-state index contributed by atoms with van der Waals surface area (Å²) >= 11 is 0. The third kappa shape index (κ3) is 6.06. The van der Waals surface area contributed by atoms with E-state index in [9.17, 15) is 13.6 Å². The van der Waals surface area contributed by atoms with Gasteiger partial charge in [-0.1, -0.05) is 0 Å². The highest BCUT2D eigenvalue weighted by atomic mass is 19.3. The van der Waals surface area contributed by atoms with Gasteiger partial charge >= 0.3 is 6.61 Å². The van der Waals surface area contributed by atoms with E-state index < -0.39 is 6.61 Å². The van der Waals surface area contributed by atoms with E-state index in [1.807, 2.05) is 31.3 Å². The van der Waals surface area contributed by atoms with E-state index in [2.05, 4.69) is 15.0 Å². The maximum atomic E-state index is 12.4. The number of quaternary nitrogens is 1. The third-order valence-electron chi connectivity index (χ3n) is 5.03. The monoisotopic (exact) mass is 420 g/mol. The van der Waals surface area contributed by atoms with Gasteiger partial charge in [-0.3, -0.25) is 4.79 Å². The van der Waals surface area contributed by atoms with Crippen molar-refractivity contribution in [2.75, 3.05) is 44.0 Å². The van der Waals surface area contributed by atoms with Crippen LogP contribution in [-0.2, 0) is 11.3 Å². The van der Waals surface area contributed by atoms with Gasteiger partial charge in [0.05, 0.1) is 14.2 Å². The smallest absolute Gasteiger partial charge is 0.387 e. The van der Waals surface area contributed by atoms with Gasteiger partial charge in [0.1, 0.15) is 6.54 Å². The Morgan fingerprint density at radius 3 is 2.47 bits per heavy atom. The first kappa shape index (κ1) is 21.8. The van der Waals surface area contributed by atoms with Crippen molar-refractivity contribution in [3.63, 3.8) is 0 Å². The lowest BCUT2D eigenvalue weighted by Crippen LogP contribution is -3.08. The zero-order valence-corrected chi connectivity index (χ0v) is 17.3. The number of hydrogen-bond donors (Lipinski definition) is 2. The number of carbonyl (C=O) groups excluding carboxylic acids is 1. The number of hydrogen-bond acceptors (Lipinski definition) is 4. The Bertz CT molecular complexity index is 840. The summed E-state index contributed by atoms with van der Waals surface area (Å²) in [6.45, 7) is 0.0592. The average Bonchev–Trinajstić information content (AvgIpc) is 3.24. The number of halogens is 2. The Kier molecular flexibility index (Phi) is 7.46. The van der Waals surface area contributed by atoms with Crippen LogP contribution in [0.1, 0.15) is 18.4 Å². The fourth-order valence-electron chi connectivity index (χ4n) is 3.64. The van der Waals surface area contributed by atoms with Crippen LogP contribution >= 0.6 is 0 Å². The number of benzene rings is 2. The molecule has 30 heavy (non-hydrogen) atoms. The molecule has 2 N–H and O–H groups in total. The van der Waals surface area contributed by atoms with Crippen LogP contribution in [0.25, 0.3) is 0 Å². The molecule has 1 unspecified atom stereocenters. The lowest BCUT2D eigenvalue weighted by molar-refractivity contribution is -0.885. The molecule has 162 valence electrons. The second kappa shape index (κ2) is 10.2. The fourth-order valence-corrected chi connectivity index (χ4v) is 3.64. The molecular weight excluding hydrogens is 392 g/mol. The summed E-state index contributed by atoms with van der Waals surface area (Å²) in [5, 5.41) is 2.92. The first-order valence-electron chi connectivity index (χ1n) is 10.0.